The molecule has 5 heteroatoms. The first-order valence-electron chi connectivity index (χ1n) is 6.97. The fraction of sp³-hybridized carbons (Fsp3) is 0.312. The van der Waals surface area contributed by atoms with E-state index in [0.29, 0.717) is 18.6 Å². The number of hydrogen-bond donors (Lipinski definition) is 0. The van der Waals surface area contributed by atoms with E-state index in [0.717, 1.165) is 17.5 Å². The molecule has 5 nitrogen and oxygen atoms in total. The number of aryl methyl sites for hydroxylation is 1. The minimum Gasteiger partial charge on any atom is -0.462 e. The molecular formula is C16H15NO4. The van der Waals surface area contributed by atoms with Crippen molar-refractivity contribution in [2.45, 2.75) is 25.8 Å². The molecule has 1 aromatic rings. The lowest BCUT2D eigenvalue weighted by molar-refractivity contribution is -0.139. The summed E-state index contributed by atoms with van der Waals surface area (Å²) in [5.74, 6) is -0.970. The molecule has 0 fully saturated rings. The second-order valence-corrected chi connectivity index (χ2v) is 5.07. The molecule has 108 valence electrons. The molecule has 1 heterocycles. The number of imide groups is 1. The summed E-state index contributed by atoms with van der Waals surface area (Å²) in [6.07, 6.45) is 4.06. The Hall–Kier alpha value is -2.43. The van der Waals surface area contributed by atoms with Crippen molar-refractivity contribution in [3.05, 3.63) is 47.0 Å². The van der Waals surface area contributed by atoms with Crippen molar-refractivity contribution >= 4 is 17.8 Å². The summed E-state index contributed by atoms with van der Waals surface area (Å²) in [4.78, 5) is 36.7. The summed E-state index contributed by atoms with van der Waals surface area (Å²) in [5, 5.41) is 0. The number of esters is 1. The average Bonchev–Trinajstić information content (AvgIpc) is 3.02. The molecule has 1 aromatic carbocycles. The third-order valence-corrected chi connectivity index (χ3v) is 3.86. The van der Waals surface area contributed by atoms with Gasteiger partial charge in [0.15, 0.2) is 0 Å². The van der Waals surface area contributed by atoms with Crippen LogP contribution in [0, 0.1) is 0 Å². The van der Waals surface area contributed by atoms with Gasteiger partial charge in [-0.25, -0.2) is 4.79 Å². The molecule has 0 radical (unpaired) electrons. The predicted molar refractivity (Wildman–Crippen MR) is 74.5 cm³/mol. The van der Waals surface area contributed by atoms with Crippen LogP contribution in [0.25, 0.3) is 0 Å². The Balaban J connectivity index is 1.94. The average molecular weight is 285 g/mol. The maximum absolute atomic E-state index is 11.8. The molecule has 21 heavy (non-hydrogen) atoms. The van der Waals surface area contributed by atoms with Crippen LogP contribution in [0.3, 0.4) is 0 Å². The van der Waals surface area contributed by atoms with Crippen molar-refractivity contribution in [1.29, 1.82) is 0 Å². The van der Waals surface area contributed by atoms with E-state index in [4.69, 9.17) is 4.74 Å². The van der Waals surface area contributed by atoms with Crippen LogP contribution in [-0.2, 0) is 20.7 Å². The van der Waals surface area contributed by atoms with E-state index in [1.807, 2.05) is 6.07 Å². The Morgan fingerprint density at radius 1 is 1.29 bits per heavy atom. The number of hydrogen-bond acceptors (Lipinski definition) is 4. The van der Waals surface area contributed by atoms with E-state index >= 15 is 0 Å². The van der Waals surface area contributed by atoms with E-state index in [2.05, 4.69) is 0 Å². The van der Waals surface area contributed by atoms with Crippen LogP contribution in [0.1, 0.15) is 40.9 Å². The second-order valence-electron chi connectivity index (χ2n) is 5.07. The van der Waals surface area contributed by atoms with Gasteiger partial charge in [0.2, 0.25) is 0 Å². The number of amides is 2. The molecule has 0 spiro atoms. The van der Waals surface area contributed by atoms with Crippen molar-refractivity contribution in [2.75, 3.05) is 6.61 Å². The van der Waals surface area contributed by atoms with Crippen LogP contribution in [0.4, 0.5) is 0 Å². The molecule has 0 N–H and O–H groups in total. The monoisotopic (exact) mass is 285 g/mol. The van der Waals surface area contributed by atoms with Crippen LogP contribution in [-0.4, -0.2) is 29.3 Å². The quantitative estimate of drug-likeness (QED) is 0.627. The van der Waals surface area contributed by atoms with Crippen molar-refractivity contribution in [3.8, 4) is 0 Å². The van der Waals surface area contributed by atoms with Crippen LogP contribution in [0.2, 0.25) is 0 Å². The molecule has 0 aromatic heterocycles. The predicted octanol–water partition coefficient (Wildman–Crippen LogP) is 1.78. The second kappa shape index (κ2) is 5.16. The highest BCUT2D eigenvalue weighted by atomic mass is 16.5. The highest BCUT2D eigenvalue weighted by Crippen LogP contribution is 2.37. The first-order chi connectivity index (χ1) is 10.1. The number of benzene rings is 1. The van der Waals surface area contributed by atoms with E-state index in [9.17, 15) is 14.4 Å². The number of rotatable bonds is 3. The molecular weight excluding hydrogens is 270 g/mol. The first-order valence-corrected chi connectivity index (χ1v) is 6.97. The van der Waals surface area contributed by atoms with E-state index in [1.165, 1.54) is 17.1 Å². The summed E-state index contributed by atoms with van der Waals surface area (Å²) in [5.41, 5.74) is 2.39. The topological polar surface area (TPSA) is 63.7 Å². The Labute approximate surface area is 122 Å². The summed E-state index contributed by atoms with van der Waals surface area (Å²) in [6.45, 7) is 2.06. The van der Waals surface area contributed by atoms with E-state index in [1.54, 1.807) is 19.1 Å². The summed E-state index contributed by atoms with van der Waals surface area (Å²) < 4.78 is 4.99. The van der Waals surface area contributed by atoms with Gasteiger partial charge in [-0.2, -0.15) is 0 Å². The molecule has 3 rings (SSSR count). The molecule has 0 unspecified atom stereocenters. The largest absolute Gasteiger partial charge is 0.462 e. The third-order valence-electron chi connectivity index (χ3n) is 3.86. The number of fused-ring (bicyclic) bond motifs is 1. The van der Waals surface area contributed by atoms with Gasteiger partial charge in [0, 0.05) is 12.2 Å². The molecule has 2 aliphatic rings. The first kappa shape index (κ1) is 13.5. The fourth-order valence-electron chi connectivity index (χ4n) is 2.91. The SMILES string of the molecule is CCOC(=O)c1ccc2c(c1)[C@@H](N1C(=O)C=CC1=O)CC2. The Morgan fingerprint density at radius 3 is 2.67 bits per heavy atom. The number of carbonyl (C=O) groups is 3. The van der Waals surface area contributed by atoms with Gasteiger partial charge in [-0.1, -0.05) is 6.07 Å². The van der Waals surface area contributed by atoms with E-state index in [-0.39, 0.29) is 23.8 Å². The van der Waals surface area contributed by atoms with Crippen LogP contribution >= 0.6 is 0 Å². The molecule has 1 aliphatic carbocycles. The highest BCUT2D eigenvalue weighted by molar-refractivity contribution is 6.13. The molecule has 2 amide bonds. The fourth-order valence-corrected chi connectivity index (χ4v) is 2.91. The zero-order valence-corrected chi connectivity index (χ0v) is 11.7. The van der Waals surface area contributed by atoms with Gasteiger partial charge in [0.1, 0.15) is 0 Å². The van der Waals surface area contributed by atoms with Gasteiger partial charge in [0.05, 0.1) is 18.2 Å². The normalized spacial score (nSPS) is 20.0. The summed E-state index contributed by atoms with van der Waals surface area (Å²) in [7, 11) is 0. The van der Waals surface area contributed by atoms with Gasteiger partial charge in [-0.3, -0.25) is 14.5 Å². The smallest absolute Gasteiger partial charge is 0.338 e. The van der Waals surface area contributed by atoms with Crippen LogP contribution in [0.5, 0.6) is 0 Å². The maximum Gasteiger partial charge on any atom is 0.338 e. The van der Waals surface area contributed by atoms with E-state index < -0.39 is 0 Å². The molecule has 0 saturated heterocycles. The molecule has 0 bridgehead atoms. The van der Waals surface area contributed by atoms with Crippen molar-refractivity contribution in [1.82, 2.24) is 4.90 Å². The van der Waals surface area contributed by atoms with Gasteiger partial charge in [-0.15, -0.1) is 0 Å². The van der Waals surface area contributed by atoms with Gasteiger partial charge < -0.3 is 4.74 Å². The number of ether oxygens (including phenoxy) is 1. The minimum absolute atomic E-state index is 0.288. The molecule has 1 aliphatic heterocycles. The van der Waals surface area contributed by atoms with Crippen molar-refractivity contribution in [2.24, 2.45) is 0 Å². The summed E-state index contributed by atoms with van der Waals surface area (Å²) in [6, 6.07) is 5.05. The lowest BCUT2D eigenvalue weighted by Gasteiger charge is -2.23. The standard InChI is InChI=1S/C16H15NO4/c1-2-21-16(20)11-4-3-10-5-6-13(12(10)9-11)17-14(18)7-8-15(17)19/h3-4,7-9,13H,2,5-6H2,1H3/t13-/m0/s1. The summed E-state index contributed by atoms with van der Waals surface area (Å²) >= 11 is 0. The van der Waals surface area contributed by atoms with Crippen molar-refractivity contribution < 1.29 is 19.1 Å². The maximum atomic E-state index is 11.8. The Bertz CT molecular complexity index is 644. The van der Waals surface area contributed by atoms with Gasteiger partial charge in [-0.05, 0) is 43.0 Å². The van der Waals surface area contributed by atoms with Crippen LogP contribution < -0.4 is 0 Å². The lowest BCUT2D eigenvalue weighted by atomic mass is 10.0. The number of nitrogens with zero attached hydrogens (tertiary/aromatic N) is 1. The minimum atomic E-state index is -0.386. The van der Waals surface area contributed by atoms with Crippen LogP contribution in [0.15, 0.2) is 30.4 Å². The van der Waals surface area contributed by atoms with Gasteiger partial charge >= 0.3 is 5.97 Å². The molecule has 1 atom stereocenters. The third kappa shape index (κ3) is 2.24. The Kier molecular flexibility index (Phi) is 3.33. The van der Waals surface area contributed by atoms with Crippen molar-refractivity contribution in [3.63, 3.8) is 0 Å². The highest BCUT2D eigenvalue weighted by Gasteiger charge is 2.36. The zero-order valence-electron chi connectivity index (χ0n) is 11.7. The zero-order chi connectivity index (χ0) is 15.0. The Morgan fingerprint density at radius 2 is 2.00 bits per heavy atom. The lowest BCUT2D eigenvalue weighted by Crippen LogP contribution is -2.33. The van der Waals surface area contributed by atoms with Gasteiger partial charge in [0.25, 0.3) is 11.8 Å². The number of carbonyl (C=O) groups excluding carboxylic acids is 3. The molecule has 0 saturated carbocycles.